The summed E-state index contributed by atoms with van der Waals surface area (Å²) in [7, 11) is -2.48. The van der Waals surface area contributed by atoms with Gasteiger partial charge in [-0.15, -0.1) is 21.2 Å². The van der Waals surface area contributed by atoms with E-state index in [0.29, 0.717) is 18.4 Å². The lowest BCUT2D eigenvalue weighted by Gasteiger charge is -2.38. The molecule has 1 unspecified atom stereocenters. The molecule has 0 spiro atoms. The third kappa shape index (κ3) is 9.08. The van der Waals surface area contributed by atoms with Crippen LogP contribution in [0.4, 0.5) is 0 Å². The van der Waals surface area contributed by atoms with Crippen molar-refractivity contribution in [2.45, 2.75) is 74.6 Å². The molecule has 33 heavy (non-hydrogen) atoms. The zero-order chi connectivity index (χ0) is 23.4. The molecule has 2 aromatic rings. The standard InChI is InChI=1S/C26H35BrNO3PS/c27-24-20-22(21-28-17-9-18-31-32(29)30)12-13-25(24)33-19-8-7-16-26(14-5-2-6-15-26)23-10-3-1-4-11-23/h1,3-4,10-13,20,28H,2,5-9,14-19,21H2/p+1. The molecule has 3 rings (SSSR count). The van der Waals surface area contributed by atoms with E-state index in [1.807, 2.05) is 11.8 Å². The lowest BCUT2D eigenvalue weighted by Crippen LogP contribution is -2.29. The number of hydrogen-bond donors (Lipinski definition) is 2. The van der Waals surface area contributed by atoms with Gasteiger partial charge in [0.15, 0.2) is 0 Å². The van der Waals surface area contributed by atoms with Gasteiger partial charge < -0.3 is 5.32 Å². The summed E-state index contributed by atoms with van der Waals surface area (Å²) in [6.07, 6.45) is 11.4. The van der Waals surface area contributed by atoms with Crippen molar-refractivity contribution in [2.24, 2.45) is 0 Å². The van der Waals surface area contributed by atoms with Crippen LogP contribution in [0.3, 0.4) is 0 Å². The second-order valence-corrected chi connectivity index (χ2v) is 11.6. The minimum atomic E-state index is -2.48. The van der Waals surface area contributed by atoms with Crippen LogP contribution < -0.4 is 5.32 Å². The van der Waals surface area contributed by atoms with Crippen LogP contribution >= 0.6 is 35.9 Å². The summed E-state index contributed by atoms with van der Waals surface area (Å²) in [4.78, 5) is 9.91. The second kappa shape index (κ2) is 14.6. The molecule has 1 fully saturated rings. The Morgan fingerprint density at radius 2 is 1.85 bits per heavy atom. The molecule has 0 aromatic heterocycles. The van der Waals surface area contributed by atoms with Crippen LogP contribution in [0, 0.1) is 0 Å². The average Bonchev–Trinajstić information content (AvgIpc) is 2.83. The second-order valence-electron chi connectivity index (χ2n) is 8.88. The minimum absolute atomic E-state index is 0.296. The Morgan fingerprint density at radius 3 is 2.58 bits per heavy atom. The van der Waals surface area contributed by atoms with Crippen molar-refractivity contribution in [1.29, 1.82) is 0 Å². The third-order valence-corrected chi connectivity index (χ3v) is 9.01. The lowest BCUT2D eigenvalue weighted by molar-refractivity contribution is 0.268. The molecule has 2 aromatic carbocycles. The van der Waals surface area contributed by atoms with E-state index < -0.39 is 8.25 Å². The maximum atomic E-state index is 10.5. The molecule has 0 amide bonds. The van der Waals surface area contributed by atoms with E-state index in [9.17, 15) is 4.57 Å². The fraction of sp³-hybridized carbons (Fsp3) is 0.538. The lowest BCUT2D eigenvalue weighted by atomic mass is 9.67. The number of rotatable bonds is 14. The Morgan fingerprint density at radius 1 is 1.06 bits per heavy atom. The molecule has 0 aliphatic heterocycles. The Balaban J connectivity index is 1.38. The smallest absolute Gasteiger partial charge is 0.313 e. The first kappa shape index (κ1) is 26.8. The number of hydrogen-bond acceptors (Lipinski definition) is 4. The largest absolute Gasteiger partial charge is 0.694 e. The molecule has 0 radical (unpaired) electrons. The van der Waals surface area contributed by atoms with Crippen molar-refractivity contribution < 1.29 is 14.0 Å². The van der Waals surface area contributed by atoms with Gasteiger partial charge in [-0.2, -0.15) is 0 Å². The molecule has 7 heteroatoms. The normalized spacial score (nSPS) is 16.0. The van der Waals surface area contributed by atoms with E-state index in [-0.39, 0.29) is 0 Å². The van der Waals surface area contributed by atoms with E-state index in [0.717, 1.165) is 23.3 Å². The monoisotopic (exact) mass is 552 g/mol. The summed E-state index contributed by atoms with van der Waals surface area (Å²) in [6, 6.07) is 17.8. The van der Waals surface area contributed by atoms with Gasteiger partial charge in [-0.1, -0.05) is 62.1 Å². The summed E-state index contributed by atoms with van der Waals surface area (Å²) in [6.45, 7) is 1.82. The van der Waals surface area contributed by atoms with Crippen molar-refractivity contribution in [3.05, 3.63) is 64.1 Å². The molecular formula is C26H36BrNO3PS+. The molecule has 1 atom stereocenters. The maximum Gasteiger partial charge on any atom is 0.694 e. The molecule has 180 valence electrons. The van der Waals surface area contributed by atoms with Gasteiger partial charge in [-0.3, -0.25) is 0 Å². The van der Waals surface area contributed by atoms with E-state index >= 15 is 0 Å². The van der Waals surface area contributed by atoms with Gasteiger partial charge >= 0.3 is 8.25 Å². The molecule has 1 aliphatic carbocycles. The molecule has 4 nitrogen and oxygen atoms in total. The summed E-state index contributed by atoms with van der Waals surface area (Å²) in [5.74, 6) is 1.15. The molecule has 0 bridgehead atoms. The highest BCUT2D eigenvalue weighted by molar-refractivity contribution is 9.10. The van der Waals surface area contributed by atoms with Gasteiger partial charge in [0.05, 0.1) is 0 Å². The molecule has 2 N–H and O–H groups in total. The zero-order valence-electron chi connectivity index (χ0n) is 19.3. The van der Waals surface area contributed by atoms with E-state index in [4.69, 9.17) is 4.89 Å². The summed E-state index contributed by atoms with van der Waals surface area (Å²) in [5, 5.41) is 3.35. The van der Waals surface area contributed by atoms with Crippen LogP contribution in [-0.4, -0.2) is 23.8 Å². The minimum Gasteiger partial charge on any atom is -0.313 e. The quantitative estimate of drug-likeness (QED) is 0.142. The van der Waals surface area contributed by atoms with Gasteiger partial charge in [-0.25, -0.2) is 0 Å². The van der Waals surface area contributed by atoms with E-state index in [2.05, 4.69) is 74.3 Å². The van der Waals surface area contributed by atoms with Crippen molar-refractivity contribution in [1.82, 2.24) is 5.32 Å². The Bertz CT molecular complexity index is 862. The summed E-state index contributed by atoms with van der Waals surface area (Å²) in [5.41, 5.74) is 3.18. The molecular weight excluding hydrogens is 517 g/mol. The van der Waals surface area contributed by atoms with Crippen molar-refractivity contribution in [2.75, 3.05) is 18.9 Å². The molecule has 1 aliphatic rings. The Labute approximate surface area is 212 Å². The summed E-state index contributed by atoms with van der Waals surface area (Å²) < 4.78 is 16.3. The van der Waals surface area contributed by atoms with Crippen LogP contribution in [0.1, 0.15) is 68.9 Å². The first-order valence-electron chi connectivity index (χ1n) is 12.1. The van der Waals surface area contributed by atoms with Crippen LogP contribution in [0.25, 0.3) is 0 Å². The topological polar surface area (TPSA) is 58.6 Å². The third-order valence-electron chi connectivity index (χ3n) is 6.53. The van der Waals surface area contributed by atoms with Gasteiger partial charge in [0.2, 0.25) is 0 Å². The average molecular weight is 554 g/mol. The summed E-state index contributed by atoms with van der Waals surface area (Å²) >= 11 is 5.68. The Hall–Kier alpha value is -0.750. The SMILES string of the molecule is O=[P+](O)OCCCNCc1ccc(SCCCCC2(c3ccccc3)CCCCC2)c(Br)c1. The highest BCUT2D eigenvalue weighted by atomic mass is 79.9. The first-order chi connectivity index (χ1) is 16.1. The predicted molar refractivity (Wildman–Crippen MR) is 142 cm³/mol. The molecule has 1 saturated carbocycles. The van der Waals surface area contributed by atoms with Crippen LogP contribution in [0.15, 0.2) is 57.9 Å². The zero-order valence-corrected chi connectivity index (χ0v) is 22.6. The number of thioether (sulfide) groups is 1. The van der Waals surface area contributed by atoms with Gasteiger partial charge in [0.25, 0.3) is 0 Å². The number of halogens is 1. The first-order valence-corrected chi connectivity index (χ1v) is 15.0. The van der Waals surface area contributed by atoms with Gasteiger partial charge in [-0.05, 0) is 89.0 Å². The van der Waals surface area contributed by atoms with Crippen LogP contribution in [0.5, 0.6) is 0 Å². The molecule has 0 heterocycles. The highest BCUT2D eigenvalue weighted by Gasteiger charge is 2.32. The fourth-order valence-corrected chi connectivity index (χ4v) is 6.78. The van der Waals surface area contributed by atoms with Crippen LogP contribution in [0.2, 0.25) is 0 Å². The van der Waals surface area contributed by atoms with Gasteiger partial charge in [0.1, 0.15) is 6.61 Å². The maximum absolute atomic E-state index is 10.5. The van der Waals surface area contributed by atoms with Crippen molar-refractivity contribution in [3.8, 4) is 0 Å². The Kier molecular flexibility index (Phi) is 11.9. The number of benzene rings is 2. The molecule has 0 saturated heterocycles. The van der Waals surface area contributed by atoms with E-state index in [1.165, 1.54) is 61.8 Å². The van der Waals surface area contributed by atoms with E-state index in [1.54, 1.807) is 5.56 Å². The van der Waals surface area contributed by atoms with Crippen LogP contribution in [-0.2, 0) is 21.0 Å². The predicted octanol–water partition coefficient (Wildman–Crippen LogP) is 7.76. The van der Waals surface area contributed by atoms with Crippen molar-refractivity contribution in [3.63, 3.8) is 0 Å². The van der Waals surface area contributed by atoms with Gasteiger partial charge in [0, 0.05) is 20.5 Å². The number of nitrogens with one attached hydrogen (secondary N) is 1. The highest BCUT2D eigenvalue weighted by Crippen LogP contribution is 2.43. The van der Waals surface area contributed by atoms with Crippen molar-refractivity contribution >= 4 is 35.9 Å². The number of unbranched alkanes of at least 4 members (excludes halogenated alkanes) is 1. The fourth-order valence-electron chi connectivity index (χ4n) is 4.79.